The molecule has 6 nitrogen and oxygen atoms in total. The zero-order chi connectivity index (χ0) is 17.4. The van der Waals surface area contributed by atoms with Crippen LogP contribution in [-0.2, 0) is 4.79 Å². The molecule has 0 fully saturated rings. The highest BCUT2D eigenvalue weighted by Gasteiger charge is 2.28. The first kappa shape index (κ1) is 15.3. The van der Waals surface area contributed by atoms with Gasteiger partial charge in [-0.3, -0.25) is 9.59 Å². The van der Waals surface area contributed by atoms with Crippen molar-refractivity contribution in [1.29, 1.82) is 0 Å². The Kier molecular flexibility index (Phi) is 3.65. The molecular formula is C19H14O6. The van der Waals surface area contributed by atoms with E-state index < -0.39 is 0 Å². The summed E-state index contributed by atoms with van der Waals surface area (Å²) in [5.41, 5.74) is 1.23. The molecule has 0 atom stereocenters. The van der Waals surface area contributed by atoms with Crippen molar-refractivity contribution in [1.82, 2.24) is 0 Å². The number of hydrogen-bond donors (Lipinski definition) is 0. The normalized spacial score (nSPS) is 15.9. The van der Waals surface area contributed by atoms with Crippen molar-refractivity contribution in [3.8, 4) is 23.0 Å². The van der Waals surface area contributed by atoms with Crippen LogP contribution in [0.25, 0.3) is 6.08 Å². The van der Waals surface area contributed by atoms with Gasteiger partial charge in [0.15, 0.2) is 23.0 Å². The SMILES string of the molecule is CC(=O)COc1ccc2c(c1)O/C(=C\c1ccc3c(c1)OCO3)C2=O. The van der Waals surface area contributed by atoms with Gasteiger partial charge in [-0.15, -0.1) is 0 Å². The van der Waals surface area contributed by atoms with Crippen LogP contribution in [0.1, 0.15) is 22.8 Å². The van der Waals surface area contributed by atoms with E-state index in [0.29, 0.717) is 28.6 Å². The summed E-state index contributed by atoms with van der Waals surface area (Å²) < 4.78 is 21.6. The van der Waals surface area contributed by atoms with Gasteiger partial charge in [-0.25, -0.2) is 0 Å². The topological polar surface area (TPSA) is 71.1 Å². The first-order valence-corrected chi connectivity index (χ1v) is 7.70. The van der Waals surface area contributed by atoms with E-state index in [1.807, 2.05) is 6.07 Å². The monoisotopic (exact) mass is 338 g/mol. The number of benzene rings is 2. The summed E-state index contributed by atoms with van der Waals surface area (Å²) in [7, 11) is 0. The Morgan fingerprint density at radius 2 is 1.96 bits per heavy atom. The number of Topliss-reactive ketones (excluding diaryl/α,β-unsaturated/α-hetero) is 2. The van der Waals surface area contributed by atoms with Crippen LogP contribution in [0.5, 0.6) is 23.0 Å². The molecule has 0 saturated carbocycles. The van der Waals surface area contributed by atoms with Crippen LogP contribution in [-0.4, -0.2) is 25.0 Å². The van der Waals surface area contributed by atoms with Gasteiger partial charge in [0.25, 0.3) is 0 Å². The molecule has 0 bridgehead atoms. The van der Waals surface area contributed by atoms with Crippen molar-refractivity contribution in [3.05, 3.63) is 53.3 Å². The van der Waals surface area contributed by atoms with Gasteiger partial charge >= 0.3 is 0 Å². The number of allylic oxidation sites excluding steroid dienone is 1. The highest BCUT2D eigenvalue weighted by atomic mass is 16.7. The molecule has 0 spiro atoms. The average Bonchev–Trinajstić information content (AvgIpc) is 3.17. The van der Waals surface area contributed by atoms with E-state index >= 15 is 0 Å². The number of carbonyl (C=O) groups is 2. The third kappa shape index (κ3) is 2.94. The first-order valence-electron chi connectivity index (χ1n) is 7.70. The van der Waals surface area contributed by atoms with Gasteiger partial charge in [-0.05, 0) is 42.8 Å². The third-order valence-electron chi connectivity index (χ3n) is 3.78. The Morgan fingerprint density at radius 1 is 1.12 bits per heavy atom. The third-order valence-corrected chi connectivity index (χ3v) is 3.78. The lowest BCUT2D eigenvalue weighted by Gasteiger charge is -2.05. The highest BCUT2D eigenvalue weighted by Crippen LogP contribution is 2.36. The molecule has 2 aliphatic rings. The molecule has 0 radical (unpaired) electrons. The quantitative estimate of drug-likeness (QED) is 0.798. The summed E-state index contributed by atoms with van der Waals surface area (Å²) in [5.74, 6) is 2.14. The van der Waals surface area contributed by atoms with Crippen LogP contribution < -0.4 is 18.9 Å². The molecule has 4 rings (SSSR count). The molecule has 0 aromatic heterocycles. The van der Waals surface area contributed by atoms with E-state index in [2.05, 4.69) is 0 Å². The van der Waals surface area contributed by atoms with Crippen LogP contribution in [0.2, 0.25) is 0 Å². The Balaban J connectivity index is 1.58. The fourth-order valence-corrected chi connectivity index (χ4v) is 2.60. The van der Waals surface area contributed by atoms with Gasteiger partial charge in [0.2, 0.25) is 12.6 Å². The smallest absolute Gasteiger partial charge is 0.231 e. The van der Waals surface area contributed by atoms with E-state index in [0.717, 1.165) is 5.56 Å². The lowest BCUT2D eigenvalue weighted by atomic mass is 10.1. The summed E-state index contributed by atoms with van der Waals surface area (Å²) in [4.78, 5) is 23.5. The predicted octanol–water partition coefficient (Wildman–Crippen LogP) is 3.00. The van der Waals surface area contributed by atoms with E-state index in [1.165, 1.54) is 6.92 Å². The molecule has 2 heterocycles. The second-order valence-corrected chi connectivity index (χ2v) is 5.70. The maximum absolute atomic E-state index is 12.5. The van der Waals surface area contributed by atoms with E-state index in [4.69, 9.17) is 18.9 Å². The zero-order valence-electron chi connectivity index (χ0n) is 13.4. The summed E-state index contributed by atoms with van der Waals surface area (Å²) in [6.07, 6.45) is 1.65. The van der Waals surface area contributed by atoms with Gasteiger partial charge in [-0.2, -0.15) is 0 Å². The number of ketones is 2. The second-order valence-electron chi connectivity index (χ2n) is 5.70. The number of hydrogen-bond acceptors (Lipinski definition) is 6. The molecule has 0 amide bonds. The second kappa shape index (κ2) is 5.98. The summed E-state index contributed by atoms with van der Waals surface area (Å²) >= 11 is 0. The Hall–Kier alpha value is -3.28. The van der Waals surface area contributed by atoms with Crippen molar-refractivity contribution >= 4 is 17.6 Å². The van der Waals surface area contributed by atoms with Crippen molar-refractivity contribution in [3.63, 3.8) is 0 Å². The van der Waals surface area contributed by atoms with Gasteiger partial charge in [0.05, 0.1) is 5.56 Å². The maximum Gasteiger partial charge on any atom is 0.231 e. The molecular weight excluding hydrogens is 324 g/mol. The molecule has 126 valence electrons. The zero-order valence-corrected chi connectivity index (χ0v) is 13.4. The van der Waals surface area contributed by atoms with Crippen molar-refractivity contribution < 1.29 is 28.5 Å². The molecule has 2 aromatic rings. The summed E-state index contributed by atoms with van der Waals surface area (Å²) in [6, 6.07) is 10.3. The van der Waals surface area contributed by atoms with Crippen LogP contribution in [0.15, 0.2) is 42.2 Å². The maximum atomic E-state index is 12.5. The average molecular weight is 338 g/mol. The minimum absolute atomic E-state index is 0.0212. The number of rotatable bonds is 4. The molecule has 0 aliphatic carbocycles. The van der Waals surface area contributed by atoms with E-state index in [1.54, 1.807) is 36.4 Å². The minimum Gasteiger partial charge on any atom is -0.486 e. The molecule has 2 aromatic carbocycles. The molecule has 6 heteroatoms. The Morgan fingerprint density at radius 3 is 2.80 bits per heavy atom. The van der Waals surface area contributed by atoms with Crippen LogP contribution in [0, 0.1) is 0 Å². The molecule has 25 heavy (non-hydrogen) atoms. The number of carbonyl (C=O) groups excluding carboxylic acids is 2. The Labute approximate surface area is 143 Å². The largest absolute Gasteiger partial charge is 0.486 e. The highest BCUT2D eigenvalue weighted by molar-refractivity contribution is 6.14. The fourth-order valence-electron chi connectivity index (χ4n) is 2.60. The van der Waals surface area contributed by atoms with Crippen molar-refractivity contribution in [2.24, 2.45) is 0 Å². The standard InChI is InChI=1S/C19H14O6/c1-11(20)9-22-13-3-4-14-16(8-13)25-18(19(14)21)7-12-2-5-15-17(6-12)24-10-23-15/h2-8H,9-10H2,1H3/b18-7-. The van der Waals surface area contributed by atoms with Gasteiger partial charge < -0.3 is 18.9 Å². The van der Waals surface area contributed by atoms with Gasteiger partial charge in [0.1, 0.15) is 18.1 Å². The summed E-state index contributed by atoms with van der Waals surface area (Å²) in [6.45, 7) is 1.62. The summed E-state index contributed by atoms with van der Waals surface area (Å²) in [5, 5.41) is 0. The molecule has 0 N–H and O–H groups in total. The number of fused-ring (bicyclic) bond motifs is 2. The lowest BCUT2D eigenvalue weighted by Crippen LogP contribution is -2.06. The van der Waals surface area contributed by atoms with Gasteiger partial charge in [-0.1, -0.05) is 6.07 Å². The predicted molar refractivity (Wildman–Crippen MR) is 88.1 cm³/mol. The van der Waals surface area contributed by atoms with Crippen molar-refractivity contribution in [2.45, 2.75) is 6.92 Å². The van der Waals surface area contributed by atoms with Crippen LogP contribution in [0.4, 0.5) is 0 Å². The molecule has 0 unspecified atom stereocenters. The molecule has 0 saturated heterocycles. The van der Waals surface area contributed by atoms with E-state index in [9.17, 15) is 9.59 Å². The minimum atomic E-state index is -0.203. The fraction of sp³-hybridized carbons (Fsp3) is 0.158. The molecule has 2 aliphatic heterocycles. The van der Waals surface area contributed by atoms with E-state index in [-0.39, 0.29) is 30.7 Å². The van der Waals surface area contributed by atoms with Gasteiger partial charge in [0, 0.05) is 6.07 Å². The van der Waals surface area contributed by atoms with Crippen LogP contribution >= 0.6 is 0 Å². The number of ether oxygens (including phenoxy) is 4. The van der Waals surface area contributed by atoms with Crippen molar-refractivity contribution in [2.75, 3.05) is 13.4 Å². The van der Waals surface area contributed by atoms with Crippen LogP contribution in [0.3, 0.4) is 0 Å². The lowest BCUT2D eigenvalue weighted by molar-refractivity contribution is -0.118. The Bertz CT molecular complexity index is 912. The first-order chi connectivity index (χ1) is 12.1.